The van der Waals surface area contributed by atoms with Crippen LogP contribution in [0.25, 0.3) is 0 Å². The summed E-state index contributed by atoms with van der Waals surface area (Å²) < 4.78 is 4.28. The first kappa shape index (κ1) is 8.19. The molecular weight excluding hydrogens is 162 g/mol. The lowest BCUT2D eigenvalue weighted by Crippen LogP contribution is -2.03. The number of phenols is 1. The first-order chi connectivity index (χ1) is 5.59. The predicted octanol–water partition coefficient (Wildman–Crippen LogP) is 1.03. The number of nitrogens with two attached hydrogens (primary N) is 1. The minimum atomic E-state index is -1.42. The van der Waals surface area contributed by atoms with Crippen LogP contribution in [0.2, 0.25) is 0 Å². The van der Waals surface area contributed by atoms with Crippen LogP contribution in [0.5, 0.6) is 11.5 Å². The van der Waals surface area contributed by atoms with E-state index in [1.165, 1.54) is 18.2 Å². The van der Waals surface area contributed by atoms with E-state index in [1.54, 1.807) is 0 Å². The molecule has 5 heteroatoms. The largest absolute Gasteiger partial charge is 0.511 e. The van der Waals surface area contributed by atoms with Gasteiger partial charge in [-0.3, -0.25) is 0 Å². The Kier molecular flexibility index (Phi) is 2.05. The topological polar surface area (TPSA) is 92.8 Å². The summed E-state index contributed by atoms with van der Waals surface area (Å²) >= 11 is 0. The van der Waals surface area contributed by atoms with Crippen molar-refractivity contribution < 1.29 is 19.7 Å². The third kappa shape index (κ3) is 1.79. The Bertz CT molecular complexity index is 310. The summed E-state index contributed by atoms with van der Waals surface area (Å²) in [4.78, 5) is 10.0. The molecule has 0 aromatic heterocycles. The fourth-order valence-corrected chi connectivity index (χ4v) is 0.697. The molecule has 0 unspecified atom stereocenters. The van der Waals surface area contributed by atoms with Crippen LogP contribution < -0.4 is 10.5 Å². The first-order valence-corrected chi connectivity index (χ1v) is 3.09. The normalized spacial score (nSPS) is 9.33. The number of nitrogen functional groups attached to an aromatic ring is 1. The highest BCUT2D eigenvalue weighted by molar-refractivity contribution is 5.63. The number of phenolic OH excluding ortho intramolecular Hbond substituents is 1. The Balaban J connectivity index is 2.89. The van der Waals surface area contributed by atoms with E-state index in [9.17, 15) is 4.79 Å². The molecule has 1 aromatic rings. The zero-order valence-corrected chi connectivity index (χ0v) is 6.02. The predicted molar refractivity (Wildman–Crippen MR) is 41.2 cm³/mol. The van der Waals surface area contributed by atoms with Crippen LogP contribution >= 0.6 is 0 Å². The number of hydrogen-bond donors (Lipinski definition) is 3. The minimum Gasteiger partial charge on any atom is -0.506 e. The van der Waals surface area contributed by atoms with E-state index < -0.39 is 6.16 Å². The molecule has 1 rings (SSSR count). The van der Waals surface area contributed by atoms with Crippen LogP contribution in [-0.2, 0) is 0 Å². The van der Waals surface area contributed by atoms with Crippen molar-refractivity contribution in [1.29, 1.82) is 0 Å². The Morgan fingerprint density at radius 2 is 2.17 bits per heavy atom. The van der Waals surface area contributed by atoms with Crippen molar-refractivity contribution in [3.05, 3.63) is 18.2 Å². The van der Waals surface area contributed by atoms with Crippen molar-refractivity contribution in [2.75, 3.05) is 5.73 Å². The van der Waals surface area contributed by atoms with Crippen LogP contribution in [0.15, 0.2) is 18.2 Å². The summed E-state index contributed by atoms with van der Waals surface area (Å²) in [5, 5.41) is 17.2. The molecule has 5 nitrogen and oxygen atoms in total. The van der Waals surface area contributed by atoms with Gasteiger partial charge in [-0.15, -0.1) is 0 Å². The Labute approximate surface area is 68.0 Å². The maximum atomic E-state index is 10.0. The van der Waals surface area contributed by atoms with E-state index in [-0.39, 0.29) is 17.2 Å². The summed E-state index contributed by atoms with van der Waals surface area (Å²) in [5.41, 5.74) is 5.35. The average Bonchev–Trinajstić information content (AvgIpc) is 1.96. The van der Waals surface area contributed by atoms with Gasteiger partial charge in [-0.25, -0.2) is 4.79 Å². The van der Waals surface area contributed by atoms with Crippen LogP contribution in [-0.4, -0.2) is 16.4 Å². The van der Waals surface area contributed by atoms with Crippen molar-refractivity contribution in [2.45, 2.75) is 0 Å². The molecule has 0 saturated carbocycles. The zero-order chi connectivity index (χ0) is 9.14. The van der Waals surface area contributed by atoms with Crippen LogP contribution in [0, 0.1) is 0 Å². The number of hydrogen-bond acceptors (Lipinski definition) is 4. The Morgan fingerprint density at radius 3 is 2.67 bits per heavy atom. The fourth-order valence-electron chi connectivity index (χ4n) is 0.697. The van der Waals surface area contributed by atoms with Gasteiger partial charge in [-0.1, -0.05) is 0 Å². The fraction of sp³-hybridized carbons (Fsp3) is 0. The molecule has 0 atom stereocenters. The number of carboxylic acid groups (broad SMARTS) is 1. The molecule has 0 aliphatic heterocycles. The summed E-state index contributed by atoms with van der Waals surface area (Å²) in [6.45, 7) is 0. The molecule has 0 spiro atoms. The average molecular weight is 169 g/mol. The number of rotatable bonds is 1. The van der Waals surface area contributed by atoms with E-state index in [0.717, 1.165) is 0 Å². The molecule has 4 N–H and O–H groups in total. The number of carbonyl (C=O) groups is 1. The second-order valence-electron chi connectivity index (χ2n) is 2.09. The first-order valence-electron chi connectivity index (χ1n) is 3.09. The highest BCUT2D eigenvalue weighted by atomic mass is 16.7. The monoisotopic (exact) mass is 169 g/mol. The van der Waals surface area contributed by atoms with Crippen molar-refractivity contribution in [1.82, 2.24) is 0 Å². The maximum absolute atomic E-state index is 10.0. The van der Waals surface area contributed by atoms with Gasteiger partial charge in [0.15, 0.2) is 0 Å². The van der Waals surface area contributed by atoms with Crippen LogP contribution in [0.4, 0.5) is 10.5 Å². The van der Waals surface area contributed by atoms with Gasteiger partial charge in [-0.2, -0.15) is 0 Å². The smallest absolute Gasteiger partial charge is 0.506 e. The van der Waals surface area contributed by atoms with Crippen molar-refractivity contribution in [3.63, 3.8) is 0 Å². The molecule has 0 radical (unpaired) electrons. The van der Waals surface area contributed by atoms with Gasteiger partial charge >= 0.3 is 6.16 Å². The molecule has 0 amide bonds. The molecule has 0 fully saturated rings. The lowest BCUT2D eigenvalue weighted by molar-refractivity contribution is 0.144. The molecule has 0 heterocycles. The molecule has 0 aliphatic carbocycles. The summed E-state index contributed by atoms with van der Waals surface area (Å²) in [5.74, 6) is -0.0226. The quantitative estimate of drug-likeness (QED) is 0.252. The zero-order valence-electron chi connectivity index (χ0n) is 6.02. The molecule has 64 valence electrons. The van der Waals surface area contributed by atoms with Crippen molar-refractivity contribution in [3.8, 4) is 11.5 Å². The van der Waals surface area contributed by atoms with E-state index in [0.29, 0.717) is 0 Å². The molecular formula is C7H7NO4. The SMILES string of the molecule is Nc1cc(OC(=O)O)ccc1O. The minimum absolute atomic E-state index is 0.0775. The lowest BCUT2D eigenvalue weighted by atomic mass is 10.3. The van der Waals surface area contributed by atoms with Gasteiger partial charge in [0.05, 0.1) is 5.69 Å². The molecule has 0 bridgehead atoms. The Hall–Kier alpha value is -1.91. The van der Waals surface area contributed by atoms with Gasteiger partial charge in [-0.05, 0) is 12.1 Å². The lowest BCUT2D eigenvalue weighted by Gasteiger charge is -2.01. The van der Waals surface area contributed by atoms with E-state index in [1.807, 2.05) is 0 Å². The van der Waals surface area contributed by atoms with E-state index in [4.69, 9.17) is 15.9 Å². The van der Waals surface area contributed by atoms with Crippen LogP contribution in [0.3, 0.4) is 0 Å². The van der Waals surface area contributed by atoms with Crippen LogP contribution in [0.1, 0.15) is 0 Å². The molecule has 12 heavy (non-hydrogen) atoms. The highest BCUT2D eigenvalue weighted by Gasteiger charge is 2.02. The number of anilines is 1. The van der Waals surface area contributed by atoms with Gasteiger partial charge in [0, 0.05) is 6.07 Å². The number of ether oxygens (including phenoxy) is 1. The molecule has 0 aliphatic rings. The van der Waals surface area contributed by atoms with Gasteiger partial charge in [0.2, 0.25) is 0 Å². The van der Waals surface area contributed by atoms with E-state index in [2.05, 4.69) is 4.74 Å². The maximum Gasteiger partial charge on any atom is 0.511 e. The Morgan fingerprint density at radius 1 is 1.50 bits per heavy atom. The summed E-state index contributed by atoms with van der Waals surface area (Å²) in [6.07, 6.45) is -1.42. The highest BCUT2D eigenvalue weighted by Crippen LogP contribution is 2.24. The third-order valence-corrected chi connectivity index (χ3v) is 1.20. The van der Waals surface area contributed by atoms with Gasteiger partial charge in [0.1, 0.15) is 11.5 Å². The van der Waals surface area contributed by atoms with Crippen molar-refractivity contribution >= 4 is 11.8 Å². The second kappa shape index (κ2) is 3.00. The summed E-state index contributed by atoms with van der Waals surface area (Å²) in [7, 11) is 0. The number of aromatic hydroxyl groups is 1. The molecule has 1 aromatic carbocycles. The standard InChI is InChI=1S/C7H7NO4/c8-5-3-4(12-7(10)11)1-2-6(5)9/h1-3,9H,8H2,(H,10,11). The van der Waals surface area contributed by atoms with E-state index >= 15 is 0 Å². The van der Waals surface area contributed by atoms with Gasteiger partial charge in [0.25, 0.3) is 0 Å². The second-order valence-corrected chi connectivity index (χ2v) is 2.09. The summed E-state index contributed by atoms with van der Waals surface area (Å²) in [6, 6.07) is 3.79. The van der Waals surface area contributed by atoms with Gasteiger partial charge < -0.3 is 20.7 Å². The van der Waals surface area contributed by atoms with Crippen molar-refractivity contribution in [2.24, 2.45) is 0 Å². The molecule has 0 saturated heterocycles. The third-order valence-electron chi connectivity index (χ3n) is 1.20. The number of benzene rings is 1.